The smallest absolute Gasteiger partial charge is 0.410 e. The average molecular weight is 555 g/mol. The second-order valence-electron chi connectivity index (χ2n) is 12.6. The Hall–Kier alpha value is -2.65. The number of carbonyl (C=O) groups is 2. The molecular formula is C31H46N4O5. The van der Waals surface area contributed by atoms with Crippen LogP contribution in [0.3, 0.4) is 0 Å². The summed E-state index contributed by atoms with van der Waals surface area (Å²) in [6, 6.07) is 6.81. The lowest BCUT2D eigenvalue weighted by Gasteiger charge is -2.36. The summed E-state index contributed by atoms with van der Waals surface area (Å²) in [4.78, 5) is 30.0. The van der Waals surface area contributed by atoms with Crippen LogP contribution in [0.25, 0.3) is 10.9 Å². The Morgan fingerprint density at radius 3 is 2.60 bits per heavy atom. The molecule has 1 unspecified atom stereocenters. The van der Waals surface area contributed by atoms with Crippen LogP contribution in [0.1, 0.15) is 89.3 Å². The van der Waals surface area contributed by atoms with E-state index in [4.69, 9.17) is 19.3 Å². The lowest BCUT2D eigenvalue weighted by molar-refractivity contribution is -0.150. The van der Waals surface area contributed by atoms with Crippen molar-refractivity contribution >= 4 is 22.9 Å². The minimum Gasteiger partial charge on any atom is -0.444 e. The molecule has 1 atom stereocenters. The van der Waals surface area contributed by atoms with Crippen molar-refractivity contribution < 1.29 is 23.8 Å². The van der Waals surface area contributed by atoms with E-state index in [0.29, 0.717) is 32.2 Å². The second-order valence-corrected chi connectivity index (χ2v) is 12.6. The van der Waals surface area contributed by atoms with Crippen LogP contribution < -0.4 is 0 Å². The summed E-state index contributed by atoms with van der Waals surface area (Å²) in [7, 11) is 1.74. The number of aromatic nitrogens is 2. The third-order valence-electron chi connectivity index (χ3n) is 8.17. The van der Waals surface area contributed by atoms with Crippen molar-refractivity contribution in [2.24, 2.45) is 0 Å². The van der Waals surface area contributed by atoms with Gasteiger partial charge in [0.05, 0.1) is 24.4 Å². The van der Waals surface area contributed by atoms with Crippen LogP contribution in [-0.4, -0.2) is 82.7 Å². The lowest BCUT2D eigenvalue weighted by Crippen LogP contribution is -2.53. The number of hydrogen-bond acceptors (Lipinski definition) is 6. The Bertz CT molecular complexity index is 1180. The van der Waals surface area contributed by atoms with Crippen molar-refractivity contribution in [2.75, 3.05) is 33.4 Å². The van der Waals surface area contributed by atoms with Gasteiger partial charge in [-0.05, 0) is 64.5 Å². The molecule has 220 valence electrons. The number of fused-ring (bicyclic) bond motifs is 1. The molecular weight excluding hydrogens is 508 g/mol. The number of ether oxygens (including phenoxy) is 3. The molecule has 1 aliphatic heterocycles. The maximum Gasteiger partial charge on any atom is 0.410 e. The lowest BCUT2D eigenvalue weighted by atomic mass is 9.86. The molecule has 0 N–H and O–H groups in total. The number of benzene rings is 1. The van der Waals surface area contributed by atoms with Crippen molar-refractivity contribution in [3.8, 4) is 0 Å². The Balaban J connectivity index is 1.34. The molecule has 2 amide bonds. The fourth-order valence-corrected chi connectivity index (χ4v) is 6.00. The highest BCUT2D eigenvalue weighted by Gasteiger charge is 2.39. The molecule has 9 heteroatoms. The Labute approximate surface area is 238 Å². The van der Waals surface area contributed by atoms with Crippen LogP contribution in [0.15, 0.2) is 18.2 Å². The summed E-state index contributed by atoms with van der Waals surface area (Å²) in [5.74, 6) is 0.471. The molecule has 9 nitrogen and oxygen atoms in total. The number of morpholine rings is 1. The highest BCUT2D eigenvalue weighted by atomic mass is 16.6. The topological polar surface area (TPSA) is 86.1 Å². The first-order valence-electron chi connectivity index (χ1n) is 15.1. The maximum atomic E-state index is 13.7. The quantitative estimate of drug-likeness (QED) is 0.394. The number of nitrogens with zero attached hydrogens (tertiary/aromatic N) is 4. The number of rotatable bonds is 9. The predicted octanol–water partition coefficient (Wildman–Crippen LogP) is 5.25. The van der Waals surface area contributed by atoms with Crippen LogP contribution >= 0.6 is 0 Å². The minimum atomic E-state index is -0.678. The first-order valence-corrected chi connectivity index (χ1v) is 15.1. The first-order chi connectivity index (χ1) is 19.2. The van der Waals surface area contributed by atoms with Gasteiger partial charge in [-0.1, -0.05) is 31.4 Å². The van der Waals surface area contributed by atoms with Gasteiger partial charge in [0.15, 0.2) is 6.10 Å². The van der Waals surface area contributed by atoms with Gasteiger partial charge in [-0.2, -0.15) is 5.10 Å². The molecule has 0 bridgehead atoms. The Morgan fingerprint density at radius 1 is 1.12 bits per heavy atom. The van der Waals surface area contributed by atoms with Gasteiger partial charge in [0.1, 0.15) is 5.60 Å². The Morgan fingerprint density at radius 2 is 1.90 bits per heavy atom. The maximum absolute atomic E-state index is 13.7. The van der Waals surface area contributed by atoms with E-state index in [2.05, 4.69) is 22.9 Å². The van der Waals surface area contributed by atoms with Crippen molar-refractivity contribution in [3.05, 3.63) is 29.5 Å². The van der Waals surface area contributed by atoms with Gasteiger partial charge in [0.2, 0.25) is 0 Å². The van der Waals surface area contributed by atoms with E-state index in [9.17, 15) is 9.59 Å². The van der Waals surface area contributed by atoms with E-state index in [1.807, 2.05) is 25.7 Å². The summed E-state index contributed by atoms with van der Waals surface area (Å²) in [6.07, 6.45) is 8.10. The zero-order valence-corrected chi connectivity index (χ0v) is 24.7. The standard InChI is InChI=1S/C31H46N4O5/c1-31(2,3)40-30(37)33-16-18-39-27(21-33)29(36)34(24-12-13-24)20-22-11-14-25-26(19-22)35(15-8-17-38-4)32-28(25)23-9-6-5-7-10-23/h11,14,19,23-24,27H,5-10,12-13,15-18,20-21H2,1-4H3. The van der Waals surface area contributed by atoms with Crippen LogP contribution in [0.4, 0.5) is 4.79 Å². The minimum absolute atomic E-state index is 0.0487. The van der Waals surface area contributed by atoms with Crippen LogP contribution in [0.2, 0.25) is 0 Å². The van der Waals surface area contributed by atoms with Gasteiger partial charge in [0, 0.05) is 50.7 Å². The SMILES string of the molecule is COCCCn1nc(C2CCCCC2)c2ccc(CN(C(=O)C3CN(C(=O)OC(C)(C)C)CCO3)C3CC3)cc21. The molecule has 2 aromatic rings. The number of carbonyl (C=O) groups excluding carboxylic acids is 2. The highest BCUT2D eigenvalue weighted by Crippen LogP contribution is 2.37. The van der Waals surface area contributed by atoms with E-state index >= 15 is 0 Å². The van der Waals surface area contributed by atoms with Crippen molar-refractivity contribution in [2.45, 2.75) is 109 Å². The van der Waals surface area contributed by atoms with Gasteiger partial charge in [-0.25, -0.2) is 4.79 Å². The summed E-state index contributed by atoms with van der Waals surface area (Å²) in [5, 5.41) is 6.36. The normalized spacial score (nSPS) is 20.6. The second kappa shape index (κ2) is 12.5. The van der Waals surface area contributed by atoms with Crippen LogP contribution in [0, 0.1) is 0 Å². The molecule has 1 saturated heterocycles. The summed E-state index contributed by atoms with van der Waals surface area (Å²) >= 11 is 0. The number of amides is 2. The fourth-order valence-electron chi connectivity index (χ4n) is 6.00. The molecule has 2 saturated carbocycles. The molecule has 40 heavy (non-hydrogen) atoms. The fraction of sp³-hybridized carbons (Fsp3) is 0.710. The van der Waals surface area contributed by atoms with Crippen LogP contribution in [0.5, 0.6) is 0 Å². The number of hydrogen-bond donors (Lipinski definition) is 0. The zero-order chi connectivity index (χ0) is 28.3. The van der Waals surface area contributed by atoms with E-state index in [1.165, 1.54) is 43.2 Å². The molecule has 5 rings (SSSR count). The molecule has 2 aliphatic carbocycles. The van der Waals surface area contributed by atoms with Gasteiger partial charge in [0.25, 0.3) is 5.91 Å². The number of methoxy groups -OCH3 is 1. The molecule has 1 aromatic heterocycles. The van der Waals surface area contributed by atoms with Crippen LogP contribution in [-0.2, 0) is 32.1 Å². The van der Waals surface area contributed by atoms with E-state index in [1.54, 1.807) is 12.0 Å². The summed E-state index contributed by atoms with van der Waals surface area (Å²) in [5.41, 5.74) is 2.88. The third kappa shape index (κ3) is 6.97. The van der Waals surface area contributed by atoms with E-state index in [0.717, 1.165) is 36.9 Å². The van der Waals surface area contributed by atoms with Gasteiger partial charge in [-0.3, -0.25) is 9.48 Å². The van der Waals surface area contributed by atoms with Gasteiger partial charge >= 0.3 is 6.09 Å². The molecule has 3 aliphatic rings. The average Bonchev–Trinajstić information content (AvgIpc) is 3.72. The predicted molar refractivity (Wildman–Crippen MR) is 153 cm³/mol. The third-order valence-corrected chi connectivity index (χ3v) is 8.17. The monoisotopic (exact) mass is 554 g/mol. The van der Waals surface area contributed by atoms with Crippen molar-refractivity contribution in [1.82, 2.24) is 19.6 Å². The number of aryl methyl sites for hydroxylation is 1. The molecule has 0 radical (unpaired) electrons. The van der Waals surface area contributed by atoms with Gasteiger partial charge in [-0.15, -0.1) is 0 Å². The zero-order valence-electron chi connectivity index (χ0n) is 24.7. The highest BCUT2D eigenvalue weighted by molar-refractivity contribution is 5.85. The molecule has 1 aromatic carbocycles. The van der Waals surface area contributed by atoms with Crippen molar-refractivity contribution in [1.29, 1.82) is 0 Å². The molecule has 2 heterocycles. The molecule has 3 fully saturated rings. The summed E-state index contributed by atoms with van der Waals surface area (Å²) < 4.78 is 18.9. The van der Waals surface area contributed by atoms with E-state index in [-0.39, 0.29) is 18.5 Å². The summed E-state index contributed by atoms with van der Waals surface area (Å²) in [6.45, 7) is 8.54. The van der Waals surface area contributed by atoms with E-state index < -0.39 is 17.8 Å². The van der Waals surface area contributed by atoms with Gasteiger partial charge < -0.3 is 24.0 Å². The molecule has 0 spiro atoms. The first kappa shape index (κ1) is 28.9. The Kier molecular flexibility index (Phi) is 9.00. The van der Waals surface area contributed by atoms with Crippen molar-refractivity contribution in [3.63, 3.8) is 0 Å². The largest absolute Gasteiger partial charge is 0.444 e.